The number of halogens is 1. The van der Waals surface area contributed by atoms with Gasteiger partial charge in [-0.1, -0.05) is 17.7 Å². The monoisotopic (exact) mass is 361 g/mol. The van der Waals surface area contributed by atoms with Crippen molar-refractivity contribution in [3.8, 4) is 17.2 Å². The number of ether oxygens (including phenoxy) is 3. The number of benzene rings is 2. The lowest BCUT2D eigenvalue weighted by Gasteiger charge is -2.09. The topological polar surface area (TPSA) is 56.8 Å². The van der Waals surface area contributed by atoms with Crippen LogP contribution in [0.1, 0.15) is 12.5 Å². The van der Waals surface area contributed by atoms with Crippen LogP contribution in [-0.4, -0.2) is 26.7 Å². The van der Waals surface area contributed by atoms with Crippen LogP contribution in [0.3, 0.4) is 0 Å². The van der Waals surface area contributed by atoms with Gasteiger partial charge < -0.3 is 19.5 Å². The van der Waals surface area contributed by atoms with E-state index >= 15 is 0 Å². The van der Waals surface area contributed by atoms with Crippen LogP contribution in [0.2, 0.25) is 5.02 Å². The molecule has 0 heterocycles. The van der Waals surface area contributed by atoms with Gasteiger partial charge in [-0.2, -0.15) is 0 Å². The zero-order valence-electron chi connectivity index (χ0n) is 14.3. The molecule has 0 spiro atoms. The molecule has 2 aromatic rings. The lowest BCUT2D eigenvalue weighted by Crippen LogP contribution is -2.08. The van der Waals surface area contributed by atoms with Gasteiger partial charge in [-0.15, -0.1) is 0 Å². The summed E-state index contributed by atoms with van der Waals surface area (Å²) in [5, 5.41) is 3.13. The lowest BCUT2D eigenvalue weighted by atomic mass is 10.2. The molecule has 132 valence electrons. The predicted octanol–water partition coefficient (Wildman–Crippen LogP) is 4.41. The summed E-state index contributed by atoms with van der Waals surface area (Å²) in [4.78, 5) is 12.1. The normalized spacial score (nSPS) is 10.6. The van der Waals surface area contributed by atoms with Crippen molar-refractivity contribution in [2.45, 2.75) is 6.92 Å². The SMILES string of the molecule is CCOc1cc(C=CC(=O)Nc2ccc(OC)cc2Cl)ccc1OC. The molecule has 0 aliphatic carbocycles. The molecule has 2 rings (SSSR count). The van der Waals surface area contributed by atoms with Crippen molar-refractivity contribution in [2.24, 2.45) is 0 Å². The highest BCUT2D eigenvalue weighted by Crippen LogP contribution is 2.29. The third-order valence-corrected chi connectivity index (χ3v) is 3.66. The van der Waals surface area contributed by atoms with Gasteiger partial charge in [0.1, 0.15) is 5.75 Å². The molecule has 0 aliphatic heterocycles. The molecule has 1 amide bonds. The van der Waals surface area contributed by atoms with E-state index in [4.69, 9.17) is 25.8 Å². The van der Waals surface area contributed by atoms with Crippen molar-refractivity contribution in [3.63, 3.8) is 0 Å². The average Bonchev–Trinajstić information content (AvgIpc) is 2.62. The minimum atomic E-state index is -0.291. The predicted molar refractivity (Wildman–Crippen MR) is 99.8 cm³/mol. The molecule has 0 fully saturated rings. The number of amides is 1. The Morgan fingerprint density at radius 2 is 1.92 bits per heavy atom. The van der Waals surface area contributed by atoms with Gasteiger partial charge in [-0.3, -0.25) is 4.79 Å². The number of carbonyl (C=O) groups is 1. The molecule has 25 heavy (non-hydrogen) atoms. The maximum Gasteiger partial charge on any atom is 0.248 e. The van der Waals surface area contributed by atoms with E-state index in [1.54, 1.807) is 44.6 Å². The molecule has 0 aromatic heterocycles. The molecule has 0 unspecified atom stereocenters. The highest BCUT2D eigenvalue weighted by molar-refractivity contribution is 6.34. The summed E-state index contributed by atoms with van der Waals surface area (Å²) in [6.07, 6.45) is 3.12. The second-order valence-corrected chi connectivity index (χ2v) is 5.42. The first kappa shape index (κ1) is 18.7. The van der Waals surface area contributed by atoms with Crippen LogP contribution < -0.4 is 19.5 Å². The van der Waals surface area contributed by atoms with Crippen molar-refractivity contribution in [3.05, 3.63) is 53.1 Å². The van der Waals surface area contributed by atoms with Gasteiger partial charge >= 0.3 is 0 Å². The van der Waals surface area contributed by atoms with E-state index in [0.29, 0.717) is 34.6 Å². The molecule has 0 aliphatic rings. The Hall–Kier alpha value is -2.66. The van der Waals surface area contributed by atoms with Crippen LogP contribution in [0.25, 0.3) is 6.08 Å². The summed E-state index contributed by atoms with van der Waals surface area (Å²) in [6, 6.07) is 10.5. The van der Waals surface area contributed by atoms with Crippen molar-refractivity contribution < 1.29 is 19.0 Å². The van der Waals surface area contributed by atoms with Crippen LogP contribution in [0.4, 0.5) is 5.69 Å². The number of carbonyl (C=O) groups excluding carboxylic acids is 1. The summed E-state index contributed by atoms with van der Waals surface area (Å²) in [7, 11) is 3.14. The van der Waals surface area contributed by atoms with Gasteiger partial charge in [-0.25, -0.2) is 0 Å². The lowest BCUT2D eigenvalue weighted by molar-refractivity contribution is -0.111. The highest BCUT2D eigenvalue weighted by Gasteiger charge is 2.06. The summed E-state index contributed by atoms with van der Waals surface area (Å²) < 4.78 is 15.8. The molecule has 2 aromatic carbocycles. The van der Waals surface area contributed by atoms with E-state index in [0.717, 1.165) is 5.56 Å². The molecular formula is C19H20ClNO4. The fourth-order valence-corrected chi connectivity index (χ4v) is 2.35. The number of hydrogen-bond acceptors (Lipinski definition) is 4. The minimum absolute atomic E-state index is 0.291. The molecule has 0 radical (unpaired) electrons. The van der Waals surface area contributed by atoms with E-state index < -0.39 is 0 Å². The summed E-state index contributed by atoms with van der Waals surface area (Å²) in [5.41, 5.74) is 1.34. The molecule has 0 saturated carbocycles. The average molecular weight is 362 g/mol. The van der Waals surface area contributed by atoms with Crippen LogP contribution in [0.15, 0.2) is 42.5 Å². The van der Waals surface area contributed by atoms with Crippen LogP contribution in [0, 0.1) is 0 Å². The second-order valence-electron chi connectivity index (χ2n) is 5.01. The molecule has 0 bridgehead atoms. The van der Waals surface area contributed by atoms with Crippen molar-refractivity contribution >= 4 is 29.3 Å². The molecule has 0 saturated heterocycles. The van der Waals surface area contributed by atoms with Crippen molar-refractivity contribution in [1.29, 1.82) is 0 Å². The maximum absolute atomic E-state index is 12.1. The van der Waals surface area contributed by atoms with E-state index in [-0.39, 0.29) is 5.91 Å². The van der Waals surface area contributed by atoms with Gasteiger partial charge in [-0.05, 0) is 42.8 Å². The number of rotatable bonds is 7. The van der Waals surface area contributed by atoms with Crippen LogP contribution >= 0.6 is 11.6 Å². The highest BCUT2D eigenvalue weighted by atomic mass is 35.5. The van der Waals surface area contributed by atoms with E-state index in [2.05, 4.69) is 5.32 Å². The van der Waals surface area contributed by atoms with Gasteiger partial charge in [0.25, 0.3) is 0 Å². The van der Waals surface area contributed by atoms with E-state index in [1.807, 2.05) is 19.1 Å². The quantitative estimate of drug-likeness (QED) is 0.742. The van der Waals surface area contributed by atoms with Gasteiger partial charge in [0.15, 0.2) is 11.5 Å². The summed E-state index contributed by atoms with van der Waals surface area (Å²) in [6.45, 7) is 2.42. The molecule has 1 N–H and O–H groups in total. The van der Waals surface area contributed by atoms with Crippen LogP contribution in [0.5, 0.6) is 17.2 Å². The Labute approximate surface area is 152 Å². The molecular weight excluding hydrogens is 342 g/mol. The van der Waals surface area contributed by atoms with Gasteiger partial charge in [0.2, 0.25) is 5.91 Å². The number of hydrogen-bond donors (Lipinski definition) is 1. The molecule has 5 nitrogen and oxygen atoms in total. The van der Waals surface area contributed by atoms with Crippen molar-refractivity contribution in [1.82, 2.24) is 0 Å². The Kier molecular flexibility index (Phi) is 6.71. The van der Waals surface area contributed by atoms with E-state index in [1.165, 1.54) is 6.08 Å². The zero-order valence-corrected chi connectivity index (χ0v) is 15.1. The number of anilines is 1. The molecule has 6 heteroatoms. The maximum atomic E-state index is 12.1. The fourth-order valence-electron chi connectivity index (χ4n) is 2.14. The third kappa shape index (κ3) is 5.16. The Bertz CT molecular complexity index is 774. The third-order valence-electron chi connectivity index (χ3n) is 3.35. The Morgan fingerprint density at radius 1 is 1.12 bits per heavy atom. The van der Waals surface area contributed by atoms with E-state index in [9.17, 15) is 4.79 Å². The standard InChI is InChI=1S/C19H20ClNO4/c1-4-25-18-11-13(5-9-17(18)24-3)6-10-19(22)21-16-8-7-14(23-2)12-15(16)20/h5-12H,4H2,1-3H3,(H,21,22). The smallest absolute Gasteiger partial charge is 0.248 e. The summed E-state index contributed by atoms with van der Waals surface area (Å²) >= 11 is 6.11. The number of methoxy groups -OCH3 is 2. The van der Waals surface area contributed by atoms with Crippen LogP contribution in [-0.2, 0) is 4.79 Å². The first-order chi connectivity index (χ1) is 12.1. The van der Waals surface area contributed by atoms with Gasteiger partial charge in [0, 0.05) is 12.1 Å². The van der Waals surface area contributed by atoms with Crippen molar-refractivity contribution in [2.75, 3.05) is 26.1 Å². The second kappa shape index (κ2) is 8.99. The first-order valence-corrected chi connectivity index (χ1v) is 8.08. The fraction of sp³-hybridized carbons (Fsp3) is 0.211. The minimum Gasteiger partial charge on any atom is -0.497 e. The number of nitrogens with one attached hydrogen (secondary N) is 1. The van der Waals surface area contributed by atoms with Gasteiger partial charge in [0.05, 0.1) is 31.5 Å². The Balaban J connectivity index is 2.08. The Morgan fingerprint density at radius 3 is 2.56 bits per heavy atom. The molecule has 0 atom stereocenters. The first-order valence-electron chi connectivity index (χ1n) is 7.70. The largest absolute Gasteiger partial charge is 0.497 e. The zero-order chi connectivity index (χ0) is 18.2. The summed E-state index contributed by atoms with van der Waals surface area (Å²) in [5.74, 6) is 1.61.